The predicted octanol–water partition coefficient (Wildman–Crippen LogP) is 1.49. The van der Waals surface area contributed by atoms with Gasteiger partial charge in [0.1, 0.15) is 11.7 Å². The summed E-state index contributed by atoms with van der Waals surface area (Å²) >= 11 is 0. The lowest BCUT2D eigenvalue weighted by Crippen LogP contribution is -2.62. The van der Waals surface area contributed by atoms with Crippen molar-refractivity contribution in [3.05, 3.63) is 29.8 Å². The summed E-state index contributed by atoms with van der Waals surface area (Å²) in [7, 11) is 1.60. The Balaban J connectivity index is 2.06. The molecule has 0 aliphatic carbocycles. The monoisotopic (exact) mass is 317 g/mol. The van der Waals surface area contributed by atoms with Gasteiger partial charge in [-0.1, -0.05) is 18.2 Å². The van der Waals surface area contributed by atoms with E-state index in [1.807, 2.05) is 31.2 Å². The van der Waals surface area contributed by atoms with Crippen LogP contribution in [0.2, 0.25) is 0 Å². The highest BCUT2D eigenvalue weighted by molar-refractivity contribution is 6.38. The van der Waals surface area contributed by atoms with Crippen molar-refractivity contribution < 1.29 is 23.9 Å². The molecule has 1 aromatic carbocycles. The molecule has 0 unspecified atom stereocenters. The number of Topliss-reactive ketones (excluding diaryl/α,β-unsaturated/α-hetero) is 1. The van der Waals surface area contributed by atoms with Gasteiger partial charge >= 0.3 is 5.97 Å². The van der Waals surface area contributed by atoms with Gasteiger partial charge < -0.3 is 14.4 Å². The molecule has 1 amide bonds. The van der Waals surface area contributed by atoms with Crippen LogP contribution in [-0.2, 0) is 19.1 Å². The molecule has 3 atom stereocenters. The summed E-state index contributed by atoms with van der Waals surface area (Å²) in [6.07, 6.45) is 0.460. The fraction of sp³-hybridized carbons (Fsp3) is 0.471. The van der Waals surface area contributed by atoms with Gasteiger partial charge in [0.05, 0.1) is 6.61 Å². The van der Waals surface area contributed by atoms with Gasteiger partial charge in [0.2, 0.25) is 5.91 Å². The number of nitrogens with zero attached hydrogens (tertiary/aromatic N) is 1. The number of carbonyl (C=O) groups excluding carboxylic acids is 3. The first-order chi connectivity index (χ1) is 10.9. The summed E-state index contributed by atoms with van der Waals surface area (Å²) in [5.41, 5.74) is -0.0317. The average molecular weight is 317 g/mol. The predicted molar refractivity (Wildman–Crippen MR) is 80.7 cm³/mol. The van der Waals surface area contributed by atoms with Crippen molar-refractivity contribution in [2.75, 3.05) is 13.7 Å². The smallest absolute Gasteiger partial charge is 0.375 e. The third kappa shape index (κ3) is 2.29. The van der Waals surface area contributed by atoms with Crippen molar-refractivity contribution in [3.8, 4) is 5.75 Å². The van der Waals surface area contributed by atoms with E-state index in [0.717, 1.165) is 5.56 Å². The molecule has 0 N–H and O–H groups in total. The fourth-order valence-electron chi connectivity index (χ4n) is 3.42. The highest BCUT2D eigenvalue weighted by atomic mass is 16.5. The number of benzene rings is 1. The lowest BCUT2D eigenvalue weighted by Gasteiger charge is -2.51. The summed E-state index contributed by atoms with van der Waals surface area (Å²) in [5.74, 6) is -2.94. The molecule has 1 fully saturated rings. The van der Waals surface area contributed by atoms with Crippen LogP contribution in [0.4, 0.5) is 0 Å². The van der Waals surface area contributed by atoms with Gasteiger partial charge in [-0.05, 0) is 25.5 Å². The molecule has 3 rings (SSSR count). The Labute approximate surface area is 134 Å². The van der Waals surface area contributed by atoms with Gasteiger partial charge in [0.15, 0.2) is 5.72 Å². The van der Waals surface area contributed by atoms with Crippen LogP contribution in [0.5, 0.6) is 5.75 Å². The number of rotatable bonds is 3. The number of ether oxygens (including phenoxy) is 2. The zero-order valence-corrected chi connectivity index (χ0v) is 13.4. The second-order valence-electron chi connectivity index (χ2n) is 6.09. The Bertz CT molecular complexity index is 685. The number of amides is 1. The summed E-state index contributed by atoms with van der Waals surface area (Å²) in [6, 6.07) is 7.33. The molecule has 2 aliphatic rings. The van der Waals surface area contributed by atoms with Crippen LogP contribution in [0, 0.1) is 5.92 Å². The fourth-order valence-corrected chi connectivity index (χ4v) is 3.42. The van der Waals surface area contributed by atoms with Crippen LogP contribution in [0.1, 0.15) is 31.7 Å². The molecule has 6 nitrogen and oxygen atoms in total. The Hall–Kier alpha value is -2.37. The Kier molecular flexibility index (Phi) is 3.62. The van der Waals surface area contributed by atoms with E-state index >= 15 is 0 Å². The first kappa shape index (κ1) is 15.5. The van der Waals surface area contributed by atoms with Crippen LogP contribution in [-0.4, -0.2) is 41.9 Å². The number of likely N-dealkylation sites (tertiary alicyclic amines) is 1. The van der Waals surface area contributed by atoms with Crippen LogP contribution < -0.4 is 4.74 Å². The van der Waals surface area contributed by atoms with Gasteiger partial charge in [-0.25, -0.2) is 4.79 Å². The second-order valence-corrected chi connectivity index (χ2v) is 6.09. The highest BCUT2D eigenvalue weighted by Gasteiger charge is 2.55. The third-order valence-corrected chi connectivity index (χ3v) is 4.71. The standard InChI is InChI=1S/C17H19NO5/c1-4-22-16(21)14(19)13-11-9-17(2,18(3)15(13)20)23-12-8-6-5-7-10(11)12/h5-8,11,13H,4,9H2,1-3H3/t11-,13+,17+/m0/s1. The Morgan fingerprint density at radius 1 is 1.39 bits per heavy atom. The molecule has 23 heavy (non-hydrogen) atoms. The molecule has 0 spiro atoms. The number of hydrogen-bond donors (Lipinski definition) is 0. The van der Waals surface area contributed by atoms with Crippen LogP contribution in [0.15, 0.2) is 24.3 Å². The van der Waals surface area contributed by atoms with Crippen molar-refractivity contribution in [1.29, 1.82) is 0 Å². The SMILES string of the molecule is CCOC(=O)C(=O)[C@@H]1C(=O)N(C)[C@@]2(C)C[C@H]1c1ccccc1O2. The second kappa shape index (κ2) is 5.37. The van der Waals surface area contributed by atoms with E-state index in [0.29, 0.717) is 12.2 Å². The normalized spacial score (nSPS) is 28.7. The molecular formula is C17H19NO5. The number of carbonyl (C=O) groups is 3. The summed E-state index contributed by atoms with van der Waals surface area (Å²) in [6.45, 7) is 3.54. The molecule has 1 aromatic rings. The van der Waals surface area contributed by atoms with Crippen LogP contribution in [0.25, 0.3) is 0 Å². The lowest BCUT2D eigenvalue weighted by atomic mass is 9.72. The number of hydrogen-bond acceptors (Lipinski definition) is 5. The van der Waals surface area contributed by atoms with E-state index in [2.05, 4.69) is 0 Å². The molecular weight excluding hydrogens is 298 g/mol. The number of para-hydroxylation sites is 1. The summed E-state index contributed by atoms with van der Waals surface area (Å²) in [5, 5.41) is 0. The van der Waals surface area contributed by atoms with E-state index in [1.165, 1.54) is 4.90 Å². The first-order valence-electron chi connectivity index (χ1n) is 7.65. The minimum atomic E-state index is -1.06. The van der Waals surface area contributed by atoms with Gasteiger partial charge in [-0.15, -0.1) is 0 Å². The van der Waals surface area contributed by atoms with E-state index in [-0.39, 0.29) is 12.5 Å². The number of fused-ring (bicyclic) bond motifs is 4. The van der Waals surface area contributed by atoms with E-state index < -0.39 is 29.3 Å². The van der Waals surface area contributed by atoms with E-state index in [9.17, 15) is 14.4 Å². The van der Waals surface area contributed by atoms with Crippen molar-refractivity contribution in [2.45, 2.75) is 31.9 Å². The average Bonchev–Trinajstić information content (AvgIpc) is 2.53. The molecule has 2 heterocycles. The maximum absolute atomic E-state index is 12.7. The van der Waals surface area contributed by atoms with Crippen molar-refractivity contribution in [1.82, 2.24) is 4.90 Å². The lowest BCUT2D eigenvalue weighted by molar-refractivity contribution is -0.175. The number of piperidine rings is 1. The van der Waals surface area contributed by atoms with E-state index in [4.69, 9.17) is 9.47 Å². The zero-order valence-electron chi connectivity index (χ0n) is 13.4. The molecule has 1 saturated heterocycles. The maximum Gasteiger partial charge on any atom is 0.375 e. The molecule has 0 aromatic heterocycles. The summed E-state index contributed by atoms with van der Waals surface area (Å²) in [4.78, 5) is 38.5. The van der Waals surface area contributed by atoms with Gasteiger partial charge in [-0.2, -0.15) is 0 Å². The highest BCUT2D eigenvalue weighted by Crippen LogP contribution is 2.49. The zero-order chi connectivity index (χ0) is 16.8. The van der Waals surface area contributed by atoms with Crippen molar-refractivity contribution in [2.24, 2.45) is 5.92 Å². The van der Waals surface area contributed by atoms with Crippen molar-refractivity contribution >= 4 is 17.7 Å². The molecule has 122 valence electrons. The minimum absolute atomic E-state index is 0.101. The number of ketones is 1. The minimum Gasteiger partial charge on any atom is -0.468 e. The van der Waals surface area contributed by atoms with Gasteiger partial charge in [0, 0.05) is 19.4 Å². The Morgan fingerprint density at radius 2 is 2.09 bits per heavy atom. The molecule has 6 heteroatoms. The molecule has 0 radical (unpaired) electrons. The molecule has 0 saturated carbocycles. The topological polar surface area (TPSA) is 72.9 Å². The first-order valence-corrected chi connectivity index (χ1v) is 7.65. The summed E-state index contributed by atoms with van der Waals surface area (Å²) < 4.78 is 10.8. The van der Waals surface area contributed by atoms with Crippen LogP contribution in [0.3, 0.4) is 0 Å². The Morgan fingerprint density at radius 3 is 2.78 bits per heavy atom. The van der Waals surface area contributed by atoms with Crippen molar-refractivity contribution in [3.63, 3.8) is 0 Å². The van der Waals surface area contributed by atoms with Crippen LogP contribution >= 0.6 is 0 Å². The van der Waals surface area contributed by atoms with E-state index in [1.54, 1.807) is 14.0 Å². The largest absolute Gasteiger partial charge is 0.468 e. The molecule has 2 bridgehead atoms. The van der Waals surface area contributed by atoms with Gasteiger partial charge in [-0.3, -0.25) is 9.59 Å². The quantitative estimate of drug-likeness (QED) is 0.480. The number of esters is 1. The molecule has 2 aliphatic heterocycles. The van der Waals surface area contributed by atoms with Gasteiger partial charge in [0.25, 0.3) is 5.78 Å². The maximum atomic E-state index is 12.7. The third-order valence-electron chi connectivity index (χ3n) is 4.71.